The lowest BCUT2D eigenvalue weighted by molar-refractivity contribution is -0.141. The molecule has 0 heterocycles. The van der Waals surface area contributed by atoms with Crippen molar-refractivity contribution in [3.63, 3.8) is 0 Å². The summed E-state index contributed by atoms with van der Waals surface area (Å²) in [5.41, 5.74) is 8.21. The molecule has 0 aromatic heterocycles. The second kappa shape index (κ2) is 15.9. The first-order valence-electron chi connectivity index (χ1n) is 11.6. The van der Waals surface area contributed by atoms with E-state index in [0.717, 1.165) is 11.1 Å². The molecule has 1 rings (SSSR count). The fourth-order valence-electron chi connectivity index (χ4n) is 3.96. The van der Waals surface area contributed by atoms with Crippen LogP contribution >= 0.6 is 0 Å². The Bertz CT molecular complexity index is 953. The summed E-state index contributed by atoms with van der Waals surface area (Å²) in [6.45, 7) is 5.53. The molecular weight excluding hydrogens is 470 g/mol. The van der Waals surface area contributed by atoms with E-state index in [-0.39, 0.29) is 36.7 Å². The Morgan fingerprint density at radius 1 is 1.00 bits per heavy atom. The highest BCUT2D eigenvalue weighted by Gasteiger charge is 2.27. The number of aliphatic carboxylic acids is 1. The van der Waals surface area contributed by atoms with Crippen LogP contribution in [-0.4, -0.2) is 68.0 Å². The van der Waals surface area contributed by atoms with Gasteiger partial charge >= 0.3 is 11.9 Å². The third-order valence-electron chi connectivity index (χ3n) is 5.77. The smallest absolute Gasteiger partial charge is 0.339 e. The number of allylic oxidation sites excluding steroid dienone is 3. The van der Waals surface area contributed by atoms with Crippen LogP contribution in [0.3, 0.4) is 0 Å². The van der Waals surface area contributed by atoms with Gasteiger partial charge in [-0.05, 0) is 45.6 Å². The first kappa shape index (κ1) is 31.1. The Balaban J connectivity index is 3.40. The molecule has 0 bridgehead atoms. The van der Waals surface area contributed by atoms with Crippen LogP contribution in [0, 0.1) is 12.8 Å². The van der Waals surface area contributed by atoms with Crippen molar-refractivity contribution in [3.8, 4) is 11.5 Å². The topological polar surface area (TPSA) is 158 Å². The van der Waals surface area contributed by atoms with Gasteiger partial charge in [-0.2, -0.15) is 0 Å². The number of hydrogen-bond acceptors (Lipinski definition) is 8. The molecule has 1 aromatic carbocycles. The fourth-order valence-corrected chi connectivity index (χ4v) is 3.96. The number of aliphatic hydroxyl groups is 1. The van der Waals surface area contributed by atoms with Gasteiger partial charge in [-0.3, -0.25) is 4.79 Å². The van der Waals surface area contributed by atoms with Gasteiger partial charge in [0, 0.05) is 24.8 Å². The van der Waals surface area contributed by atoms with Crippen LogP contribution in [0.25, 0.3) is 0 Å². The minimum absolute atomic E-state index is 0.0342. The zero-order valence-electron chi connectivity index (χ0n) is 21.8. The van der Waals surface area contributed by atoms with Crippen LogP contribution in [0.4, 0.5) is 0 Å². The van der Waals surface area contributed by atoms with E-state index in [2.05, 4.69) is 0 Å². The van der Waals surface area contributed by atoms with Gasteiger partial charge in [0.1, 0.15) is 17.1 Å². The highest BCUT2D eigenvalue weighted by Crippen LogP contribution is 2.40. The molecule has 36 heavy (non-hydrogen) atoms. The second-order valence-corrected chi connectivity index (χ2v) is 8.43. The largest absolute Gasteiger partial charge is 0.496 e. The number of rotatable bonds is 17. The average molecular weight is 510 g/mol. The first-order valence-corrected chi connectivity index (χ1v) is 11.6. The lowest BCUT2D eigenvalue weighted by atomic mass is 9.91. The van der Waals surface area contributed by atoms with Gasteiger partial charge in [0.15, 0.2) is 6.79 Å². The molecule has 0 aliphatic carbocycles. The van der Waals surface area contributed by atoms with Crippen LogP contribution < -0.4 is 15.2 Å². The number of methoxy groups -OCH3 is 2. The van der Waals surface area contributed by atoms with Gasteiger partial charge in [-0.1, -0.05) is 23.3 Å². The number of aliphatic hydroxyl groups excluding tert-OH is 1. The summed E-state index contributed by atoms with van der Waals surface area (Å²) in [4.78, 5) is 24.0. The Hall–Kier alpha value is -2.92. The fraction of sp³-hybridized carbons (Fsp3) is 0.538. The maximum atomic E-state index is 12.2. The molecule has 10 heteroatoms. The predicted octanol–water partition coefficient (Wildman–Crippen LogP) is 3.07. The maximum absolute atomic E-state index is 12.2. The van der Waals surface area contributed by atoms with Gasteiger partial charge in [0.2, 0.25) is 0 Å². The van der Waals surface area contributed by atoms with E-state index in [1.165, 1.54) is 14.2 Å². The third kappa shape index (κ3) is 8.94. The van der Waals surface area contributed by atoms with Crippen molar-refractivity contribution in [2.45, 2.75) is 46.6 Å². The molecule has 0 saturated carbocycles. The number of hydrogen-bond donors (Lipinski definition) is 4. The molecule has 10 nitrogen and oxygen atoms in total. The van der Waals surface area contributed by atoms with Gasteiger partial charge in [-0.25, -0.2) is 4.79 Å². The molecule has 0 amide bonds. The number of carbonyl (C=O) groups is 2. The summed E-state index contributed by atoms with van der Waals surface area (Å²) in [6, 6.07) is 0. The molecule has 1 atom stereocenters. The van der Waals surface area contributed by atoms with Crippen molar-refractivity contribution in [3.05, 3.63) is 45.6 Å². The van der Waals surface area contributed by atoms with Crippen LogP contribution in [0.15, 0.2) is 23.3 Å². The minimum Gasteiger partial charge on any atom is -0.496 e. The average Bonchev–Trinajstić information content (AvgIpc) is 2.82. The van der Waals surface area contributed by atoms with Crippen LogP contribution in [0.1, 0.15) is 53.7 Å². The van der Waals surface area contributed by atoms with Crippen LogP contribution in [-0.2, 0) is 27.3 Å². The molecule has 0 aliphatic rings. The lowest BCUT2D eigenvalue weighted by Gasteiger charge is -2.22. The van der Waals surface area contributed by atoms with Gasteiger partial charge in [0.05, 0.1) is 32.8 Å². The number of nitrogens with two attached hydrogens (primary N) is 1. The Morgan fingerprint density at radius 3 is 2.14 bits per heavy atom. The van der Waals surface area contributed by atoms with E-state index in [9.17, 15) is 24.9 Å². The monoisotopic (exact) mass is 509 g/mol. The minimum atomic E-state index is -1.26. The summed E-state index contributed by atoms with van der Waals surface area (Å²) in [5, 5.41) is 29.5. The summed E-state index contributed by atoms with van der Waals surface area (Å²) in [6.07, 6.45) is 4.54. The maximum Gasteiger partial charge on any atom is 0.339 e. The molecular formula is C26H39NO9. The summed E-state index contributed by atoms with van der Waals surface area (Å²) in [5.74, 6) is -2.36. The first-order chi connectivity index (χ1) is 17.1. The lowest BCUT2D eigenvalue weighted by Crippen LogP contribution is -2.16. The molecule has 202 valence electrons. The van der Waals surface area contributed by atoms with Crippen molar-refractivity contribution in [2.24, 2.45) is 11.7 Å². The van der Waals surface area contributed by atoms with Crippen LogP contribution in [0.2, 0.25) is 0 Å². The summed E-state index contributed by atoms with van der Waals surface area (Å²) < 4.78 is 21.6. The van der Waals surface area contributed by atoms with E-state index < -0.39 is 24.5 Å². The van der Waals surface area contributed by atoms with Crippen molar-refractivity contribution >= 4 is 11.9 Å². The summed E-state index contributed by atoms with van der Waals surface area (Å²) in [7, 11) is 2.98. The highest BCUT2D eigenvalue weighted by atomic mass is 16.7. The number of carboxylic acid groups (broad SMARTS) is 2. The number of aromatic carboxylic acids is 1. The normalized spacial score (nSPS) is 13.0. The van der Waals surface area contributed by atoms with Crippen molar-refractivity contribution in [2.75, 3.05) is 40.8 Å². The van der Waals surface area contributed by atoms with Crippen molar-refractivity contribution < 1.29 is 43.9 Å². The predicted molar refractivity (Wildman–Crippen MR) is 135 cm³/mol. The summed E-state index contributed by atoms with van der Waals surface area (Å²) >= 11 is 0. The standard InChI is InChI=1S/C26H39NO9/c1-16(12-19(25(29)30)13-17(2)8-9-27)6-7-20-23(34-5)18(3)21(14-28)22(26(31)32)24(20)36-15-35-11-10-33-4/h6,8,19,28H,7,9-15,27H2,1-5H3,(H,29,30)(H,31,32)/b16-6+,17-8+. The molecule has 0 radical (unpaired) electrons. The molecule has 0 fully saturated rings. The highest BCUT2D eigenvalue weighted by molar-refractivity contribution is 5.94. The van der Waals surface area contributed by atoms with Gasteiger partial charge in [0.25, 0.3) is 0 Å². The number of carboxylic acids is 2. The van der Waals surface area contributed by atoms with Gasteiger partial charge < -0.3 is 40.0 Å². The second-order valence-electron chi connectivity index (χ2n) is 8.43. The molecule has 1 unspecified atom stereocenters. The molecule has 0 saturated heterocycles. The quantitative estimate of drug-likeness (QED) is 0.140. The van der Waals surface area contributed by atoms with Crippen molar-refractivity contribution in [1.29, 1.82) is 0 Å². The van der Waals surface area contributed by atoms with Crippen LogP contribution in [0.5, 0.6) is 11.5 Å². The molecule has 0 spiro atoms. The van der Waals surface area contributed by atoms with Gasteiger partial charge in [-0.15, -0.1) is 0 Å². The van der Waals surface area contributed by atoms with E-state index in [4.69, 9.17) is 24.7 Å². The SMILES string of the molecule is COCCOCOc1c(C/C=C(\C)CC(C/C(C)=C/CN)C(=O)O)c(OC)c(C)c(CO)c1C(=O)O. The zero-order chi connectivity index (χ0) is 27.3. The number of ether oxygens (including phenoxy) is 4. The Labute approximate surface area is 212 Å². The Morgan fingerprint density at radius 2 is 1.64 bits per heavy atom. The van der Waals surface area contributed by atoms with E-state index >= 15 is 0 Å². The molecule has 5 N–H and O–H groups in total. The van der Waals surface area contributed by atoms with Crippen molar-refractivity contribution in [1.82, 2.24) is 0 Å². The molecule has 0 aliphatic heterocycles. The van der Waals surface area contributed by atoms with E-state index in [1.807, 2.05) is 19.9 Å². The Kier molecular flexibility index (Phi) is 13.8. The molecule has 1 aromatic rings. The zero-order valence-corrected chi connectivity index (χ0v) is 21.8. The van der Waals surface area contributed by atoms with E-state index in [0.29, 0.717) is 42.9 Å². The third-order valence-corrected chi connectivity index (χ3v) is 5.77. The number of benzene rings is 1. The van der Waals surface area contributed by atoms with E-state index in [1.54, 1.807) is 13.0 Å².